The molecule has 0 saturated carbocycles. The van der Waals surface area contributed by atoms with Crippen molar-refractivity contribution in [2.24, 2.45) is 0 Å². The van der Waals surface area contributed by atoms with Crippen molar-refractivity contribution in [3.05, 3.63) is 52.5 Å². The summed E-state index contributed by atoms with van der Waals surface area (Å²) in [7, 11) is 0. The molecule has 0 radical (unpaired) electrons. The Kier molecular flexibility index (Phi) is 5.27. The van der Waals surface area contributed by atoms with E-state index in [9.17, 15) is 9.18 Å². The maximum Gasteiger partial charge on any atom is 0.257 e. The van der Waals surface area contributed by atoms with Crippen molar-refractivity contribution in [3.8, 4) is 0 Å². The SMILES string of the molecule is CCCNc1c(F)cccc1C(=O)Nc1ccncc1Br. The lowest BCUT2D eigenvalue weighted by atomic mass is 10.1. The fourth-order valence-corrected chi connectivity index (χ4v) is 2.16. The van der Waals surface area contributed by atoms with Gasteiger partial charge in [-0.2, -0.15) is 0 Å². The molecule has 1 heterocycles. The number of anilines is 2. The van der Waals surface area contributed by atoms with Gasteiger partial charge in [0.1, 0.15) is 5.82 Å². The minimum Gasteiger partial charge on any atom is -0.382 e. The average Bonchev–Trinajstić information content (AvgIpc) is 2.48. The first kappa shape index (κ1) is 15.4. The van der Waals surface area contributed by atoms with Crippen LogP contribution in [0.3, 0.4) is 0 Å². The third-order valence-electron chi connectivity index (χ3n) is 2.83. The molecule has 1 amide bonds. The number of carbonyl (C=O) groups is 1. The molecule has 0 bridgehead atoms. The van der Waals surface area contributed by atoms with Crippen LogP contribution in [-0.4, -0.2) is 17.4 Å². The van der Waals surface area contributed by atoms with Crippen LogP contribution >= 0.6 is 15.9 Å². The van der Waals surface area contributed by atoms with Crippen LogP contribution in [0.25, 0.3) is 0 Å². The predicted octanol–water partition coefficient (Wildman–Crippen LogP) is 4.06. The van der Waals surface area contributed by atoms with Gasteiger partial charge in [0.15, 0.2) is 0 Å². The molecule has 0 aliphatic carbocycles. The van der Waals surface area contributed by atoms with Crippen molar-refractivity contribution in [2.75, 3.05) is 17.2 Å². The van der Waals surface area contributed by atoms with Crippen LogP contribution in [0, 0.1) is 5.82 Å². The van der Waals surface area contributed by atoms with Gasteiger partial charge in [0.05, 0.1) is 21.4 Å². The van der Waals surface area contributed by atoms with Crippen LogP contribution in [-0.2, 0) is 0 Å². The second-order valence-corrected chi connectivity index (χ2v) is 5.25. The second kappa shape index (κ2) is 7.17. The highest BCUT2D eigenvalue weighted by molar-refractivity contribution is 9.10. The van der Waals surface area contributed by atoms with Gasteiger partial charge < -0.3 is 10.6 Å². The van der Waals surface area contributed by atoms with Crippen molar-refractivity contribution in [1.82, 2.24) is 4.98 Å². The lowest BCUT2D eigenvalue weighted by Crippen LogP contribution is -2.16. The summed E-state index contributed by atoms with van der Waals surface area (Å²) in [5, 5.41) is 5.69. The van der Waals surface area contributed by atoms with Gasteiger partial charge in [-0.05, 0) is 40.5 Å². The van der Waals surface area contributed by atoms with E-state index in [0.29, 0.717) is 16.7 Å². The first-order valence-corrected chi connectivity index (χ1v) is 7.36. The fourth-order valence-electron chi connectivity index (χ4n) is 1.81. The molecule has 2 aromatic rings. The Balaban J connectivity index is 2.27. The Bertz CT molecular complexity index is 649. The number of amides is 1. The van der Waals surface area contributed by atoms with E-state index in [1.807, 2.05) is 6.92 Å². The lowest BCUT2D eigenvalue weighted by Gasteiger charge is -2.13. The van der Waals surface area contributed by atoms with Gasteiger partial charge >= 0.3 is 0 Å². The van der Waals surface area contributed by atoms with Crippen molar-refractivity contribution in [2.45, 2.75) is 13.3 Å². The zero-order valence-corrected chi connectivity index (χ0v) is 13.1. The Morgan fingerprint density at radius 2 is 2.19 bits per heavy atom. The number of aromatic nitrogens is 1. The standard InChI is InChI=1S/C15H15BrFN3O/c1-2-7-19-14-10(4-3-5-12(14)17)15(21)20-13-6-8-18-9-11(13)16/h3-6,8-9,19H,2,7H2,1H3,(H,18,20,21). The molecule has 4 nitrogen and oxygen atoms in total. The normalized spacial score (nSPS) is 10.2. The highest BCUT2D eigenvalue weighted by Gasteiger charge is 2.15. The number of hydrogen-bond donors (Lipinski definition) is 2. The minimum atomic E-state index is -0.440. The van der Waals surface area contributed by atoms with E-state index in [1.54, 1.807) is 24.5 Å². The molecule has 0 saturated heterocycles. The monoisotopic (exact) mass is 351 g/mol. The van der Waals surface area contributed by atoms with Crippen molar-refractivity contribution >= 4 is 33.2 Å². The van der Waals surface area contributed by atoms with Crippen LogP contribution in [0.4, 0.5) is 15.8 Å². The Morgan fingerprint density at radius 3 is 2.90 bits per heavy atom. The second-order valence-electron chi connectivity index (χ2n) is 4.40. The number of rotatable bonds is 5. The third-order valence-corrected chi connectivity index (χ3v) is 3.46. The summed E-state index contributed by atoms with van der Waals surface area (Å²) >= 11 is 3.31. The molecule has 0 aliphatic rings. The molecule has 6 heteroatoms. The number of carbonyl (C=O) groups excluding carboxylic acids is 1. The Labute approximate surface area is 130 Å². The van der Waals surface area contributed by atoms with E-state index in [4.69, 9.17) is 0 Å². The van der Waals surface area contributed by atoms with Gasteiger partial charge in [-0.25, -0.2) is 4.39 Å². The summed E-state index contributed by atoms with van der Waals surface area (Å²) in [5.41, 5.74) is 1.08. The first-order chi connectivity index (χ1) is 10.1. The van der Waals surface area contributed by atoms with Gasteiger partial charge in [-0.3, -0.25) is 9.78 Å². The Hall–Kier alpha value is -1.95. The molecule has 0 unspecified atom stereocenters. The molecule has 0 fully saturated rings. The van der Waals surface area contributed by atoms with Crippen LogP contribution in [0.2, 0.25) is 0 Å². The van der Waals surface area contributed by atoms with E-state index in [0.717, 1.165) is 6.42 Å². The highest BCUT2D eigenvalue weighted by atomic mass is 79.9. The molecule has 2 N–H and O–H groups in total. The summed E-state index contributed by atoms with van der Waals surface area (Å²) in [6, 6.07) is 6.10. The Morgan fingerprint density at radius 1 is 1.38 bits per heavy atom. The van der Waals surface area contributed by atoms with Crippen molar-refractivity contribution in [1.29, 1.82) is 0 Å². The van der Waals surface area contributed by atoms with Crippen molar-refractivity contribution in [3.63, 3.8) is 0 Å². The molecule has 110 valence electrons. The molecule has 0 aliphatic heterocycles. The van der Waals surface area contributed by atoms with Gasteiger partial charge in [0, 0.05) is 18.9 Å². The van der Waals surface area contributed by atoms with E-state index in [2.05, 4.69) is 31.5 Å². The largest absolute Gasteiger partial charge is 0.382 e. The van der Waals surface area contributed by atoms with Crippen LogP contribution < -0.4 is 10.6 Å². The minimum absolute atomic E-state index is 0.224. The molecule has 1 aromatic heterocycles. The number of hydrogen-bond acceptors (Lipinski definition) is 3. The lowest BCUT2D eigenvalue weighted by molar-refractivity contribution is 0.102. The van der Waals surface area contributed by atoms with E-state index < -0.39 is 5.82 Å². The van der Waals surface area contributed by atoms with Crippen LogP contribution in [0.15, 0.2) is 41.1 Å². The number of pyridine rings is 1. The van der Waals surface area contributed by atoms with Crippen LogP contribution in [0.1, 0.15) is 23.7 Å². The molecule has 0 spiro atoms. The first-order valence-electron chi connectivity index (χ1n) is 6.56. The molecule has 0 atom stereocenters. The quantitative estimate of drug-likeness (QED) is 0.853. The van der Waals surface area contributed by atoms with E-state index in [-0.39, 0.29) is 17.2 Å². The van der Waals surface area contributed by atoms with Gasteiger partial charge in [-0.15, -0.1) is 0 Å². The van der Waals surface area contributed by atoms with Crippen LogP contribution in [0.5, 0.6) is 0 Å². The summed E-state index contributed by atoms with van der Waals surface area (Å²) < 4.78 is 14.6. The summed E-state index contributed by atoms with van der Waals surface area (Å²) in [5.74, 6) is -0.815. The smallest absolute Gasteiger partial charge is 0.257 e. The highest BCUT2D eigenvalue weighted by Crippen LogP contribution is 2.24. The molecular formula is C15H15BrFN3O. The zero-order chi connectivity index (χ0) is 15.2. The fraction of sp³-hybridized carbons (Fsp3) is 0.200. The molecule has 21 heavy (non-hydrogen) atoms. The topological polar surface area (TPSA) is 54.0 Å². The number of halogens is 2. The molecule has 1 aromatic carbocycles. The predicted molar refractivity (Wildman–Crippen MR) is 85.1 cm³/mol. The average molecular weight is 352 g/mol. The summed E-state index contributed by atoms with van der Waals surface area (Å²) in [6.07, 6.45) is 3.99. The van der Waals surface area contributed by atoms with E-state index in [1.165, 1.54) is 12.1 Å². The maximum absolute atomic E-state index is 13.9. The number of para-hydroxylation sites is 1. The van der Waals surface area contributed by atoms with Gasteiger partial charge in [-0.1, -0.05) is 13.0 Å². The molecular weight excluding hydrogens is 337 g/mol. The number of nitrogens with zero attached hydrogens (tertiary/aromatic N) is 1. The van der Waals surface area contributed by atoms with Crippen molar-refractivity contribution < 1.29 is 9.18 Å². The maximum atomic E-state index is 13.9. The number of nitrogens with one attached hydrogen (secondary N) is 2. The summed E-state index contributed by atoms with van der Waals surface area (Å²) in [6.45, 7) is 2.57. The van der Waals surface area contributed by atoms with Gasteiger partial charge in [0.2, 0.25) is 0 Å². The third kappa shape index (κ3) is 3.78. The number of benzene rings is 1. The van der Waals surface area contributed by atoms with E-state index >= 15 is 0 Å². The zero-order valence-electron chi connectivity index (χ0n) is 11.5. The summed E-state index contributed by atoms with van der Waals surface area (Å²) in [4.78, 5) is 16.3. The van der Waals surface area contributed by atoms with Gasteiger partial charge in [0.25, 0.3) is 5.91 Å². The molecule has 2 rings (SSSR count).